The van der Waals surface area contributed by atoms with E-state index in [0.29, 0.717) is 42.0 Å². The molecular weight excluding hydrogens is 494 g/mol. The van der Waals surface area contributed by atoms with Gasteiger partial charge in [-0.15, -0.1) is 0 Å². The number of allylic oxidation sites excluding steroid dienone is 1. The number of aliphatic imine (C=N–C) groups is 2. The highest BCUT2D eigenvalue weighted by atomic mass is 16.5. The third-order valence-corrected chi connectivity index (χ3v) is 8.18. The molecule has 39 heavy (non-hydrogen) atoms. The number of carbonyl (C=O) groups is 2. The molecule has 1 saturated heterocycles. The van der Waals surface area contributed by atoms with Gasteiger partial charge in [0, 0.05) is 37.7 Å². The Hall–Kier alpha value is -3.40. The fourth-order valence-corrected chi connectivity index (χ4v) is 5.61. The molecule has 1 aliphatic carbocycles. The monoisotopic (exact) mass is 537 g/mol. The van der Waals surface area contributed by atoms with Gasteiger partial charge in [0.2, 0.25) is 11.9 Å². The van der Waals surface area contributed by atoms with E-state index in [0.717, 1.165) is 50.3 Å². The summed E-state index contributed by atoms with van der Waals surface area (Å²) in [5.41, 5.74) is 1.95. The molecule has 2 amide bonds. The maximum atomic E-state index is 12.9. The van der Waals surface area contributed by atoms with Crippen LogP contribution in [0.4, 0.5) is 5.69 Å². The molecule has 1 aromatic carbocycles. The third kappa shape index (κ3) is 6.98. The number of guanidine groups is 1. The van der Waals surface area contributed by atoms with Crippen LogP contribution < -0.4 is 15.4 Å². The summed E-state index contributed by atoms with van der Waals surface area (Å²) in [6.45, 7) is 8.25. The van der Waals surface area contributed by atoms with Gasteiger partial charge >= 0.3 is 0 Å². The molecule has 2 N–H and O–H groups in total. The average molecular weight is 538 g/mol. The summed E-state index contributed by atoms with van der Waals surface area (Å²) in [6.07, 6.45) is 8.11. The number of methoxy groups -OCH3 is 1. The number of amides is 2. The van der Waals surface area contributed by atoms with Gasteiger partial charge in [-0.05, 0) is 77.7 Å². The first-order valence-corrected chi connectivity index (χ1v) is 14.0. The summed E-state index contributed by atoms with van der Waals surface area (Å²) in [6, 6.07) is 5.81. The zero-order valence-corrected chi connectivity index (χ0v) is 23.8. The zero-order valence-electron chi connectivity index (χ0n) is 23.8. The molecule has 4 rings (SSSR count). The van der Waals surface area contributed by atoms with Crippen molar-refractivity contribution in [3.63, 3.8) is 0 Å². The van der Waals surface area contributed by atoms with Gasteiger partial charge in [0.05, 0.1) is 18.5 Å². The summed E-state index contributed by atoms with van der Waals surface area (Å²) in [4.78, 5) is 40.9. The molecule has 0 atom stereocenters. The van der Waals surface area contributed by atoms with Crippen molar-refractivity contribution < 1.29 is 14.3 Å². The molecule has 2 fully saturated rings. The van der Waals surface area contributed by atoms with Gasteiger partial charge < -0.3 is 30.1 Å². The number of rotatable bonds is 6. The molecule has 1 aromatic rings. The number of anilines is 1. The Balaban J connectivity index is 1.56. The molecule has 0 aromatic heterocycles. The second kappa shape index (κ2) is 13.1. The van der Waals surface area contributed by atoms with Crippen LogP contribution in [-0.2, 0) is 4.79 Å². The first-order valence-electron chi connectivity index (χ1n) is 14.0. The largest absolute Gasteiger partial charge is 0.495 e. The van der Waals surface area contributed by atoms with Crippen LogP contribution in [0.5, 0.6) is 5.75 Å². The molecule has 2 aliphatic heterocycles. The van der Waals surface area contributed by atoms with Crippen LogP contribution in [-0.4, -0.2) is 92.1 Å². The lowest BCUT2D eigenvalue weighted by molar-refractivity contribution is -0.127. The molecule has 0 unspecified atom stereocenters. The number of benzene rings is 1. The summed E-state index contributed by atoms with van der Waals surface area (Å²) in [5, 5.41) is 6.38. The molecule has 3 aliphatic rings. The molecule has 0 spiro atoms. The van der Waals surface area contributed by atoms with Crippen molar-refractivity contribution in [2.75, 3.05) is 46.2 Å². The lowest BCUT2D eigenvalue weighted by Crippen LogP contribution is -2.43. The van der Waals surface area contributed by atoms with Crippen LogP contribution >= 0.6 is 0 Å². The summed E-state index contributed by atoms with van der Waals surface area (Å²) < 4.78 is 5.62. The molecule has 10 heteroatoms. The lowest BCUT2D eigenvalue weighted by atomic mass is 9.94. The van der Waals surface area contributed by atoms with Gasteiger partial charge in [-0.1, -0.05) is 19.3 Å². The van der Waals surface area contributed by atoms with E-state index < -0.39 is 0 Å². The predicted molar refractivity (Wildman–Crippen MR) is 155 cm³/mol. The minimum absolute atomic E-state index is 0.0790. The van der Waals surface area contributed by atoms with Crippen molar-refractivity contribution in [1.29, 1.82) is 0 Å². The van der Waals surface area contributed by atoms with Gasteiger partial charge in [-0.2, -0.15) is 4.99 Å². The number of hydrogen-bond donors (Lipinski definition) is 2. The van der Waals surface area contributed by atoms with Gasteiger partial charge in [0.25, 0.3) is 5.91 Å². The van der Waals surface area contributed by atoms with Crippen LogP contribution in [0.25, 0.3) is 0 Å². The fourth-order valence-electron chi connectivity index (χ4n) is 5.61. The van der Waals surface area contributed by atoms with E-state index in [1.54, 1.807) is 37.3 Å². The highest BCUT2D eigenvalue weighted by Crippen LogP contribution is 2.31. The van der Waals surface area contributed by atoms with Crippen molar-refractivity contribution in [1.82, 2.24) is 20.0 Å². The quantitative estimate of drug-likeness (QED) is 0.424. The molecular formula is C29H43N7O3. The van der Waals surface area contributed by atoms with Gasteiger partial charge in [0.15, 0.2) is 5.82 Å². The van der Waals surface area contributed by atoms with E-state index in [4.69, 9.17) is 9.73 Å². The lowest BCUT2D eigenvalue weighted by Gasteiger charge is -2.35. The Kier molecular flexibility index (Phi) is 9.61. The Morgan fingerprint density at radius 2 is 1.79 bits per heavy atom. The number of ether oxygens (including phenoxy) is 1. The number of piperidine rings is 1. The van der Waals surface area contributed by atoms with Gasteiger partial charge in [-0.25, -0.2) is 4.99 Å². The Morgan fingerprint density at radius 3 is 2.46 bits per heavy atom. The normalized spacial score (nSPS) is 20.6. The van der Waals surface area contributed by atoms with Crippen molar-refractivity contribution in [2.45, 2.75) is 70.4 Å². The first kappa shape index (κ1) is 28.6. The van der Waals surface area contributed by atoms with Crippen molar-refractivity contribution in [3.8, 4) is 5.75 Å². The number of likely N-dealkylation sites (tertiary alicyclic amines) is 1. The van der Waals surface area contributed by atoms with Crippen LogP contribution in [0.3, 0.4) is 0 Å². The second-order valence-corrected chi connectivity index (χ2v) is 10.8. The number of carbonyl (C=O) groups excluding carboxylic acids is 2. The highest BCUT2D eigenvalue weighted by Gasteiger charge is 2.30. The van der Waals surface area contributed by atoms with Gasteiger partial charge in [-0.3, -0.25) is 9.59 Å². The standard InChI is InChI=1S/C29H43N7O3/c1-20-27(36(18-15-26(37)35(20)4)23-9-7-6-8-10-23)33-29(30-2)32-24-12-11-21(19-25(24)39-5)28(38)31-22-13-16-34(3)17-14-22/h11-12,19,22-23H,2,6-10,13-18H2,1,3-5H3,(H,31,38)(H,32,33). The summed E-state index contributed by atoms with van der Waals surface area (Å²) in [7, 11) is 5.47. The molecule has 1 saturated carbocycles. The number of hydrogen-bond acceptors (Lipinski definition) is 6. The molecule has 0 bridgehead atoms. The van der Waals surface area contributed by atoms with E-state index in [-0.39, 0.29) is 17.9 Å². The zero-order chi connectivity index (χ0) is 27.9. The highest BCUT2D eigenvalue weighted by molar-refractivity contribution is 6.00. The van der Waals surface area contributed by atoms with E-state index in [2.05, 4.69) is 39.2 Å². The average Bonchev–Trinajstić information content (AvgIpc) is 3.06. The second-order valence-electron chi connectivity index (χ2n) is 10.8. The minimum atomic E-state index is -0.111. The Labute approximate surface area is 232 Å². The van der Waals surface area contributed by atoms with E-state index in [9.17, 15) is 9.59 Å². The van der Waals surface area contributed by atoms with Gasteiger partial charge in [0.1, 0.15) is 5.75 Å². The maximum Gasteiger partial charge on any atom is 0.251 e. The van der Waals surface area contributed by atoms with Crippen LogP contribution in [0.15, 0.2) is 39.7 Å². The summed E-state index contributed by atoms with van der Waals surface area (Å²) in [5.74, 6) is 1.51. The fraction of sp³-hybridized carbons (Fsp3) is 0.586. The van der Waals surface area contributed by atoms with Crippen molar-refractivity contribution in [2.24, 2.45) is 9.98 Å². The first-order chi connectivity index (χ1) is 18.8. The van der Waals surface area contributed by atoms with Crippen LogP contribution in [0, 0.1) is 0 Å². The summed E-state index contributed by atoms with van der Waals surface area (Å²) >= 11 is 0. The maximum absolute atomic E-state index is 12.9. The minimum Gasteiger partial charge on any atom is -0.495 e. The van der Waals surface area contributed by atoms with Crippen molar-refractivity contribution >= 4 is 30.2 Å². The van der Waals surface area contributed by atoms with Crippen molar-refractivity contribution in [3.05, 3.63) is 35.3 Å². The Bertz CT molecular complexity index is 1120. The SMILES string of the molecule is C=N/C(=N\C1=C(C)N(C)C(=O)CCN1C1CCCCC1)Nc1ccc(C(=O)NC2CCN(C)CC2)cc1OC. The predicted octanol–water partition coefficient (Wildman–Crippen LogP) is 3.67. The molecule has 2 heterocycles. The Morgan fingerprint density at radius 1 is 1.08 bits per heavy atom. The topological polar surface area (TPSA) is 102 Å². The molecule has 0 radical (unpaired) electrons. The van der Waals surface area contributed by atoms with Crippen LogP contribution in [0.2, 0.25) is 0 Å². The molecule has 10 nitrogen and oxygen atoms in total. The van der Waals surface area contributed by atoms with E-state index in [1.165, 1.54) is 19.3 Å². The number of nitrogens with zero attached hydrogens (tertiary/aromatic N) is 5. The van der Waals surface area contributed by atoms with E-state index in [1.807, 2.05) is 6.92 Å². The smallest absolute Gasteiger partial charge is 0.251 e. The van der Waals surface area contributed by atoms with E-state index >= 15 is 0 Å². The van der Waals surface area contributed by atoms with Crippen LogP contribution in [0.1, 0.15) is 68.6 Å². The third-order valence-electron chi connectivity index (χ3n) is 8.18. The molecule has 212 valence electrons. The number of nitrogens with one attached hydrogen (secondary N) is 2.